The van der Waals surface area contributed by atoms with E-state index in [2.05, 4.69) is 20.5 Å². The third-order valence-corrected chi connectivity index (χ3v) is 5.77. The number of H-pyrrole nitrogens is 1. The highest BCUT2D eigenvalue weighted by atomic mass is 32.2. The molecule has 0 saturated carbocycles. The Balaban J connectivity index is 1.39. The molecule has 0 aliphatic carbocycles. The summed E-state index contributed by atoms with van der Waals surface area (Å²) in [6.07, 6.45) is 1.85. The van der Waals surface area contributed by atoms with Crippen LogP contribution in [-0.2, 0) is 4.79 Å². The van der Waals surface area contributed by atoms with E-state index in [1.807, 2.05) is 54.9 Å². The molecule has 0 unspecified atom stereocenters. The number of hydrogen-bond acceptors (Lipinski definition) is 6. The maximum Gasteiger partial charge on any atom is 0.277 e. The molecule has 1 amide bonds. The van der Waals surface area contributed by atoms with Gasteiger partial charge in [0.25, 0.3) is 11.1 Å². The number of para-hydroxylation sites is 1. The van der Waals surface area contributed by atoms with Crippen molar-refractivity contribution in [3.8, 4) is 11.5 Å². The highest BCUT2D eigenvalue weighted by molar-refractivity contribution is 7.99. The molecule has 4 aromatic rings. The van der Waals surface area contributed by atoms with Crippen LogP contribution < -0.4 is 5.32 Å². The van der Waals surface area contributed by atoms with Crippen LogP contribution in [0.2, 0.25) is 0 Å². The molecule has 0 aliphatic heterocycles. The zero-order valence-electron chi connectivity index (χ0n) is 13.9. The Morgan fingerprint density at radius 1 is 1.31 bits per heavy atom. The van der Waals surface area contributed by atoms with Gasteiger partial charge in [-0.3, -0.25) is 4.79 Å². The van der Waals surface area contributed by atoms with Crippen molar-refractivity contribution in [1.82, 2.24) is 20.5 Å². The smallest absolute Gasteiger partial charge is 0.277 e. The topological polar surface area (TPSA) is 83.8 Å². The number of thiophene rings is 1. The summed E-state index contributed by atoms with van der Waals surface area (Å²) in [4.78, 5) is 16.4. The van der Waals surface area contributed by atoms with Gasteiger partial charge in [0, 0.05) is 22.0 Å². The van der Waals surface area contributed by atoms with Crippen LogP contribution in [0, 0.1) is 0 Å². The summed E-state index contributed by atoms with van der Waals surface area (Å²) in [5.41, 5.74) is 1.87. The average molecular weight is 384 g/mol. The second kappa shape index (κ2) is 7.35. The SMILES string of the molecule is C[C@H](NC(=O)CSc1nnc(-c2c[nH]c3ccccc23)o1)c1cccs1. The van der Waals surface area contributed by atoms with E-state index in [9.17, 15) is 4.79 Å². The van der Waals surface area contributed by atoms with Crippen molar-refractivity contribution in [2.45, 2.75) is 18.2 Å². The number of carbonyl (C=O) groups is 1. The van der Waals surface area contributed by atoms with Gasteiger partial charge in [-0.25, -0.2) is 0 Å². The van der Waals surface area contributed by atoms with Gasteiger partial charge in [-0.05, 0) is 24.4 Å². The van der Waals surface area contributed by atoms with Crippen LogP contribution in [0.15, 0.2) is 57.6 Å². The summed E-state index contributed by atoms with van der Waals surface area (Å²) >= 11 is 2.86. The number of amides is 1. The predicted octanol–water partition coefficient (Wildman–Crippen LogP) is 4.25. The van der Waals surface area contributed by atoms with Crippen molar-refractivity contribution in [2.75, 3.05) is 5.75 Å². The predicted molar refractivity (Wildman–Crippen MR) is 103 cm³/mol. The first kappa shape index (κ1) is 16.9. The summed E-state index contributed by atoms with van der Waals surface area (Å²) in [7, 11) is 0. The largest absolute Gasteiger partial charge is 0.411 e. The lowest BCUT2D eigenvalue weighted by atomic mass is 10.2. The first-order valence-corrected chi connectivity index (χ1v) is 9.93. The molecule has 0 fully saturated rings. The van der Waals surface area contributed by atoms with Crippen molar-refractivity contribution in [3.05, 3.63) is 52.9 Å². The number of benzene rings is 1. The van der Waals surface area contributed by atoms with Gasteiger partial charge in [0.1, 0.15) is 0 Å². The number of rotatable bonds is 6. The first-order valence-electron chi connectivity index (χ1n) is 8.06. The molecule has 8 heteroatoms. The van der Waals surface area contributed by atoms with Crippen molar-refractivity contribution in [3.63, 3.8) is 0 Å². The van der Waals surface area contributed by atoms with Gasteiger partial charge in [0.15, 0.2) is 0 Å². The number of nitrogens with one attached hydrogen (secondary N) is 2. The van der Waals surface area contributed by atoms with E-state index in [1.165, 1.54) is 11.8 Å². The second-order valence-electron chi connectivity index (χ2n) is 5.71. The van der Waals surface area contributed by atoms with E-state index in [0.29, 0.717) is 11.1 Å². The van der Waals surface area contributed by atoms with Gasteiger partial charge in [-0.15, -0.1) is 21.5 Å². The molecule has 1 aromatic carbocycles. The molecule has 0 spiro atoms. The molecule has 0 saturated heterocycles. The molecule has 3 aromatic heterocycles. The number of fused-ring (bicyclic) bond motifs is 1. The van der Waals surface area contributed by atoms with Crippen LogP contribution in [0.1, 0.15) is 17.8 Å². The van der Waals surface area contributed by atoms with E-state index in [4.69, 9.17) is 4.42 Å². The fraction of sp³-hybridized carbons (Fsp3) is 0.167. The number of hydrogen-bond donors (Lipinski definition) is 2. The van der Waals surface area contributed by atoms with E-state index in [0.717, 1.165) is 21.3 Å². The number of aromatic nitrogens is 3. The second-order valence-corrected chi connectivity index (χ2v) is 7.62. The Morgan fingerprint density at radius 3 is 3.04 bits per heavy atom. The van der Waals surface area contributed by atoms with Crippen LogP contribution >= 0.6 is 23.1 Å². The monoisotopic (exact) mass is 384 g/mol. The van der Waals surface area contributed by atoms with Crippen LogP contribution in [0.5, 0.6) is 0 Å². The lowest BCUT2D eigenvalue weighted by Gasteiger charge is -2.11. The van der Waals surface area contributed by atoms with E-state index in [1.54, 1.807) is 11.3 Å². The number of thioether (sulfide) groups is 1. The molecule has 132 valence electrons. The van der Waals surface area contributed by atoms with E-state index >= 15 is 0 Å². The minimum Gasteiger partial charge on any atom is -0.411 e. The Hall–Kier alpha value is -2.58. The summed E-state index contributed by atoms with van der Waals surface area (Å²) in [6, 6.07) is 11.9. The highest BCUT2D eigenvalue weighted by Gasteiger charge is 2.15. The van der Waals surface area contributed by atoms with Crippen LogP contribution in [-0.4, -0.2) is 26.8 Å². The molecular formula is C18H16N4O2S2. The lowest BCUT2D eigenvalue weighted by molar-refractivity contribution is -0.119. The molecule has 26 heavy (non-hydrogen) atoms. The molecule has 0 aliphatic rings. The van der Waals surface area contributed by atoms with Gasteiger partial charge >= 0.3 is 0 Å². The molecule has 1 atom stereocenters. The summed E-state index contributed by atoms with van der Waals surface area (Å²) in [6.45, 7) is 1.97. The maximum atomic E-state index is 12.1. The Bertz CT molecular complexity index is 1020. The van der Waals surface area contributed by atoms with E-state index in [-0.39, 0.29) is 17.7 Å². The van der Waals surface area contributed by atoms with Crippen LogP contribution in [0.3, 0.4) is 0 Å². The molecule has 2 N–H and O–H groups in total. The Kier molecular flexibility index (Phi) is 4.77. The average Bonchev–Trinajstić information content (AvgIpc) is 3.39. The minimum absolute atomic E-state index is 0.00688. The van der Waals surface area contributed by atoms with Gasteiger partial charge in [0.2, 0.25) is 5.91 Å². The summed E-state index contributed by atoms with van der Waals surface area (Å²) < 4.78 is 5.71. The molecule has 0 bridgehead atoms. The number of nitrogens with zero attached hydrogens (tertiary/aromatic N) is 2. The lowest BCUT2D eigenvalue weighted by Crippen LogP contribution is -2.27. The normalized spacial score (nSPS) is 12.3. The third kappa shape index (κ3) is 3.51. The molecular weight excluding hydrogens is 368 g/mol. The van der Waals surface area contributed by atoms with Crippen molar-refractivity contribution < 1.29 is 9.21 Å². The number of carbonyl (C=O) groups excluding carboxylic acids is 1. The summed E-state index contributed by atoms with van der Waals surface area (Å²) in [5.74, 6) is 0.602. The van der Waals surface area contributed by atoms with Crippen LogP contribution in [0.25, 0.3) is 22.4 Å². The third-order valence-electron chi connectivity index (χ3n) is 3.90. The van der Waals surface area contributed by atoms with E-state index < -0.39 is 0 Å². The standard InChI is InChI=1S/C18H16N4O2S2/c1-11(15-7-4-8-25-15)20-16(23)10-26-18-22-21-17(24-18)13-9-19-14-6-3-2-5-12(13)14/h2-9,11,19H,10H2,1H3,(H,20,23)/t11-/m0/s1. The highest BCUT2D eigenvalue weighted by Crippen LogP contribution is 2.29. The molecule has 6 nitrogen and oxygen atoms in total. The number of aromatic amines is 1. The molecule has 4 rings (SSSR count). The maximum absolute atomic E-state index is 12.1. The molecule has 0 radical (unpaired) electrons. The van der Waals surface area contributed by atoms with Crippen molar-refractivity contribution in [2.24, 2.45) is 0 Å². The van der Waals surface area contributed by atoms with Crippen LogP contribution in [0.4, 0.5) is 0 Å². The minimum atomic E-state index is -0.0669. The zero-order valence-corrected chi connectivity index (χ0v) is 15.6. The van der Waals surface area contributed by atoms with Gasteiger partial charge in [0.05, 0.1) is 17.4 Å². The Labute approximate surface area is 158 Å². The fourth-order valence-corrected chi connectivity index (χ4v) is 3.95. The quantitative estimate of drug-likeness (QED) is 0.486. The summed E-state index contributed by atoms with van der Waals surface area (Å²) in [5, 5.41) is 14.5. The van der Waals surface area contributed by atoms with Gasteiger partial charge in [-0.2, -0.15) is 0 Å². The zero-order chi connectivity index (χ0) is 17.9. The first-order chi connectivity index (χ1) is 12.7. The molecule has 3 heterocycles. The van der Waals surface area contributed by atoms with Crippen molar-refractivity contribution in [1.29, 1.82) is 0 Å². The van der Waals surface area contributed by atoms with Crippen molar-refractivity contribution >= 4 is 39.9 Å². The fourth-order valence-electron chi connectivity index (χ4n) is 2.64. The van der Waals surface area contributed by atoms with Gasteiger partial charge < -0.3 is 14.7 Å². The van der Waals surface area contributed by atoms with Gasteiger partial charge in [-0.1, -0.05) is 36.0 Å². The Morgan fingerprint density at radius 2 is 2.19 bits per heavy atom.